The molecule has 0 atom stereocenters. The highest BCUT2D eigenvalue weighted by Gasteiger charge is 2.35. The molecule has 46 heavy (non-hydrogen) atoms. The normalized spacial score (nSPS) is 14.6. The van der Waals surface area contributed by atoms with Crippen molar-refractivity contribution >= 4 is 20.9 Å². The molecular weight excluding hydrogens is 602 g/mol. The van der Waals surface area contributed by atoms with Gasteiger partial charge in [-0.2, -0.15) is 4.31 Å². The van der Waals surface area contributed by atoms with Crippen LogP contribution in [0.1, 0.15) is 28.2 Å². The largest absolute Gasteiger partial charge is 0.468 e. The third-order valence-corrected chi connectivity index (χ3v) is 10.2. The number of piperazine rings is 1. The second-order valence-electron chi connectivity index (χ2n) is 11.3. The Morgan fingerprint density at radius 2 is 1.24 bits per heavy atom. The zero-order valence-corrected chi connectivity index (χ0v) is 26.9. The molecule has 5 aromatic rings. The minimum atomic E-state index is -3.88. The van der Waals surface area contributed by atoms with Crippen LogP contribution in [0.25, 0.3) is 10.9 Å². The molecule has 1 aliphatic heterocycles. The van der Waals surface area contributed by atoms with Crippen molar-refractivity contribution in [3.8, 4) is 11.5 Å². The fraction of sp³-hybridized carbons (Fsp3) is 0.278. The number of fused-ring (bicyclic) bond motifs is 1. The van der Waals surface area contributed by atoms with E-state index < -0.39 is 15.9 Å². The quantitative estimate of drug-likeness (QED) is 0.162. The van der Waals surface area contributed by atoms with E-state index in [4.69, 9.17) is 18.9 Å². The van der Waals surface area contributed by atoms with Crippen molar-refractivity contribution < 1.29 is 27.4 Å². The van der Waals surface area contributed by atoms with Gasteiger partial charge in [0.1, 0.15) is 11.5 Å². The molecular formula is C36H39N3O6S. The maximum absolute atomic E-state index is 14.6. The van der Waals surface area contributed by atoms with Gasteiger partial charge in [0.2, 0.25) is 0 Å². The first kappa shape index (κ1) is 31.8. The van der Waals surface area contributed by atoms with Crippen LogP contribution in [0.5, 0.6) is 11.5 Å². The summed E-state index contributed by atoms with van der Waals surface area (Å²) in [5, 5.41) is 1.07. The monoisotopic (exact) mass is 641 g/mol. The van der Waals surface area contributed by atoms with Gasteiger partial charge < -0.3 is 23.9 Å². The first-order chi connectivity index (χ1) is 22.5. The lowest BCUT2D eigenvalue weighted by molar-refractivity contribution is 0.0509. The van der Waals surface area contributed by atoms with Crippen LogP contribution in [-0.2, 0) is 26.0 Å². The lowest BCUT2D eigenvalue weighted by atomic mass is 9.85. The Hall–Kier alpha value is -4.19. The number of ether oxygens (including phenoxy) is 4. The molecule has 1 saturated heterocycles. The zero-order valence-electron chi connectivity index (χ0n) is 26.1. The second-order valence-corrected chi connectivity index (χ2v) is 13.1. The van der Waals surface area contributed by atoms with Crippen LogP contribution in [-0.4, -0.2) is 76.6 Å². The van der Waals surface area contributed by atoms with Crippen LogP contribution >= 0.6 is 0 Å². The highest BCUT2D eigenvalue weighted by atomic mass is 32.2. The number of hydrogen-bond acceptors (Lipinski definition) is 7. The number of nitrogens with zero attached hydrogens (tertiary/aromatic N) is 2. The van der Waals surface area contributed by atoms with E-state index in [0.717, 1.165) is 28.6 Å². The van der Waals surface area contributed by atoms with Gasteiger partial charge in [-0.25, -0.2) is 8.42 Å². The predicted octanol–water partition coefficient (Wildman–Crippen LogP) is 5.82. The van der Waals surface area contributed by atoms with Crippen LogP contribution in [0.15, 0.2) is 108 Å². The van der Waals surface area contributed by atoms with Crippen molar-refractivity contribution in [3.63, 3.8) is 0 Å². The van der Waals surface area contributed by atoms with Gasteiger partial charge in [-0.15, -0.1) is 0 Å². The lowest BCUT2D eigenvalue weighted by Gasteiger charge is -2.34. The highest BCUT2D eigenvalue weighted by molar-refractivity contribution is 7.89. The Morgan fingerprint density at radius 3 is 1.80 bits per heavy atom. The van der Waals surface area contributed by atoms with Crippen molar-refractivity contribution in [2.24, 2.45) is 0 Å². The Morgan fingerprint density at radius 1 is 0.696 bits per heavy atom. The summed E-state index contributed by atoms with van der Waals surface area (Å²) in [6.45, 7) is 3.18. The molecule has 6 rings (SSSR count). The van der Waals surface area contributed by atoms with E-state index in [1.165, 1.54) is 5.56 Å². The van der Waals surface area contributed by atoms with Crippen molar-refractivity contribution in [1.29, 1.82) is 0 Å². The number of para-hydroxylation sites is 1. The summed E-state index contributed by atoms with van der Waals surface area (Å²) in [5.41, 5.74) is 4.53. The summed E-state index contributed by atoms with van der Waals surface area (Å²) in [4.78, 5) is 5.63. The van der Waals surface area contributed by atoms with Gasteiger partial charge in [0.05, 0.1) is 0 Å². The standard InChI is InChI=1S/C36H39N3O6S/c1-42-25-44-30-16-12-28(13-17-30)34(29-14-18-31(19-15-29)45-26-43-2)35-32-10-6-7-11-33(32)37-36(35)46(40,41)39-22-20-38(21-23-39)24-27-8-4-3-5-9-27/h3-19,34,37H,20-26H2,1-2H3. The molecule has 1 aliphatic rings. The average molecular weight is 642 g/mol. The molecule has 2 heterocycles. The first-order valence-corrected chi connectivity index (χ1v) is 16.7. The van der Waals surface area contributed by atoms with Crippen LogP contribution in [0, 0.1) is 0 Å². The smallest absolute Gasteiger partial charge is 0.258 e. The molecule has 0 amide bonds. The van der Waals surface area contributed by atoms with Gasteiger partial charge in [-0.1, -0.05) is 72.8 Å². The fourth-order valence-corrected chi connectivity index (χ4v) is 7.67. The second kappa shape index (κ2) is 14.5. The average Bonchev–Trinajstić information content (AvgIpc) is 3.48. The third kappa shape index (κ3) is 6.96. The lowest BCUT2D eigenvalue weighted by Crippen LogP contribution is -2.48. The van der Waals surface area contributed by atoms with Crippen molar-refractivity contribution in [1.82, 2.24) is 14.2 Å². The fourth-order valence-electron chi connectivity index (χ4n) is 6.02. The van der Waals surface area contributed by atoms with Gasteiger partial charge in [-0.05, 0) is 47.0 Å². The minimum absolute atomic E-state index is 0.134. The maximum Gasteiger partial charge on any atom is 0.258 e. The Kier molecular flexibility index (Phi) is 10.0. The number of nitrogens with one attached hydrogen (secondary N) is 1. The molecule has 4 aromatic carbocycles. The molecule has 1 aromatic heterocycles. The molecule has 1 N–H and O–H groups in total. The molecule has 1 fully saturated rings. The van der Waals surface area contributed by atoms with E-state index in [0.29, 0.717) is 43.2 Å². The van der Waals surface area contributed by atoms with Crippen LogP contribution in [0.4, 0.5) is 0 Å². The van der Waals surface area contributed by atoms with Crippen LogP contribution in [0.2, 0.25) is 0 Å². The number of methoxy groups -OCH3 is 2. The molecule has 0 spiro atoms. The van der Waals surface area contributed by atoms with E-state index in [9.17, 15) is 8.42 Å². The van der Waals surface area contributed by atoms with Gasteiger partial charge in [0, 0.05) is 69.3 Å². The molecule has 0 aliphatic carbocycles. The number of rotatable bonds is 13. The first-order valence-electron chi connectivity index (χ1n) is 15.3. The Balaban J connectivity index is 1.39. The number of H-pyrrole nitrogens is 1. The molecule has 0 unspecified atom stereocenters. The van der Waals surface area contributed by atoms with E-state index in [1.807, 2.05) is 91.0 Å². The predicted molar refractivity (Wildman–Crippen MR) is 178 cm³/mol. The molecule has 0 saturated carbocycles. The number of aromatic amines is 1. The Labute approximate surface area is 270 Å². The summed E-state index contributed by atoms with van der Waals surface area (Å²) in [7, 11) is -0.732. The topological polar surface area (TPSA) is 93.3 Å². The highest BCUT2D eigenvalue weighted by Crippen LogP contribution is 2.42. The molecule has 9 nitrogen and oxygen atoms in total. The zero-order chi connectivity index (χ0) is 31.9. The summed E-state index contributed by atoms with van der Waals surface area (Å²) >= 11 is 0. The van der Waals surface area contributed by atoms with Gasteiger partial charge >= 0.3 is 0 Å². The summed E-state index contributed by atoms with van der Waals surface area (Å²) in [5.74, 6) is 0.911. The van der Waals surface area contributed by atoms with Crippen molar-refractivity contribution in [2.45, 2.75) is 17.5 Å². The van der Waals surface area contributed by atoms with Crippen molar-refractivity contribution in [3.05, 3.63) is 125 Å². The SMILES string of the molecule is COCOc1ccc(C(c2ccc(OCOC)cc2)c2c(S(=O)(=O)N3CCN(Cc4ccccc4)CC3)[nH]c3ccccc23)cc1. The van der Waals surface area contributed by atoms with Gasteiger partial charge in [0.15, 0.2) is 18.6 Å². The van der Waals surface area contributed by atoms with E-state index in [2.05, 4.69) is 22.0 Å². The number of benzene rings is 4. The molecule has 240 valence electrons. The van der Waals surface area contributed by atoms with Crippen LogP contribution in [0.3, 0.4) is 0 Å². The van der Waals surface area contributed by atoms with Gasteiger partial charge in [-0.3, -0.25) is 4.90 Å². The Bertz CT molecular complexity index is 1770. The maximum atomic E-state index is 14.6. The number of aromatic nitrogens is 1. The summed E-state index contributed by atoms with van der Waals surface area (Å²) in [6.07, 6.45) is 0. The third-order valence-electron chi connectivity index (χ3n) is 8.29. The summed E-state index contributed by atoms with van der Waals surface area (Å²) < 4.78 is 52.2. The van der Waals surface area contributed by atoms with E-state index in [-0.39, 0.29) is 18.6 Å². The minimum Gasteiger partial charge on any atom is -0.468 e. The van der Waals surface area contributed by atoms with Crippen molar-refractivity contribution in [2.75, 3.05) is 54.0 Å². The van der Waals surface area contributed by atoms with Gasteiger partial charge in [0.25, 0.3) is 10.0 Å². The molecule has 0 bridgehead atoms. The number of hydrogen-bond donors (Lipinski definition) is 1. The molecule has 10 heteroatoms. The molecule has 0 radical (unpaired) electrons. The summed E-state index contributed by atoms with van der Waals surface area (Å²) in [6, 6.07) is 33.5. The van der Waals surface area contributed by atoms with E-state index >= 15 is 0 Å². The van der Waals surface area contributed by atoms with E-state index in [1.54, 1.807) is 18.5 Å². The number of sulfonamides is 1. The van der Waals surface area contributed by atoms with Crippen LogP contribution < -0.4 is 9.47 Å².